The third-order valence-corrected chi connectivity index (χ3v) is 13.5. The van der Waals surface area contributed by atoms with Crippen LogP contribution in [0, 0.1) is 6.92 Å². The summed E-state index contributed by atoms with van der Waals surface area (Å²) >= 11 is 0. The van der Waals surface area contributed by atoms with E-state index in [0.29, 0.717) is 0 Å². The lowest BCUT2D eigenvalue weighted by Crippen LogP contribution is -2.10. The van der Waals surface area contributed by atoms with Gasteiger partial charge in [0.15, 0.2) is 0 Å². The molecular weight excluding hydrogens is 931 g/mol. The molecule has 0 radical (unpaired) electrons. The van der Waals surface area contributed by atoms with Crippen LogP contribution >= 0.6 is 0 Å². The van der Waals surface area contributed by atoms with Crippen LogP contribution in [0.4, 0.5) is 17.1 Å². The number of hydrogen-bond acceptors (Lipinski definition) is 2. The summed E-state index contributed by atoms with van der Waals surface area (Å²) in [6.45, 7) is 14.1. The summed E-state index contributed by atoms with van der Waals surface area (Å²) < 4.78 is 2.42. The first-order valence-electron chi connectivity index (χ1n) is 27.3. The molecule has 0 N–H and O–H groups in total. The molecule has 13 aromatic rings. The van der Waals surface area contributed by atoms with Crippen LogP contribution in [0.5, 0.6) is 0 Å². The monoisotopic (exact) mass is 998 g/mol. The lowest BCUT2D eigenvalue weighted by molar-refractivity contribution is 1.18. The first-order chi connectivity index (χ1) is 38.1. The second-order valence-corrected chi connectivity index (χ2v) is 18.1. The number of fused-ring (bicyclic) bond motifs is 5. The second kappa shape index (κ2) is 25.3. The van der Waals surface area contributed by atoms with Crippen molar-refractivity contribution in [2.45, 2.75) is 48.5 Å². The number of aryl methyl sites for hydroxylation is 1. The number of pyridine rings is 1. The number of nitrogens with zero attached hydrogens (tertiary/aromatic N) is 3. The standard InChI is InChI=1S/C61H41N3.C7H8.3C2H6/c1-3-13-42(14-4-1)43-29-34-52(35-30-43)64-60-40-49(31-36-55(60)56-37-32-50(41-61(56)64)58-38-33-47-16-8-10-23-57(47)62-58)45-27-25-44(26-28-45)48-18-11-21-53(39-48)63(51-19-5-2-6-20-51)59-24-12-17-46-15-7-9-22-54(46)59;1-7-5-3-2-4-6-7;3*1-2/h1-41H;2-6H,1H3;3*1-2H3. The highest BCUT2D eigenvalue weighted by Crippen LogP contribution is 2.41. The van der Waals surface area contributed by atoms with E-state index in [9.17, 15) is 0 Å². The molecule has 0 aliphatic heterocycles. The van der Waals surface area contributed by atoms with Crippen molar-refractivity contribution >= 4 is 60.5 Å². The van der Waals surface area contributed by atoms with E-state index in [2.05, 4.69) is 277 Å². The maximum Gasteiger partial charge on any atom is 0.0710 e. The van der Waals surface area contributed by atoms with E-state index in [1.165, 1.54) is 54.9 Å². The highest BCUT2D eigenvalue weighted by Gasteiger charge is 2.18. The van der Waals surface area contributed by atoms with Crippen molar-refractivity contribution in [3.63, 3.8) is 0 Å². The molecule has 0 atom stereocenters. The topological polar surface area (TPSA) is 21.1 Å². The van der Waals surface area contributed by atoms with Gasteiger partial charge in [0.25, 0.3) is 0 Å². The molecule has 2 heterocycles. The Kier molecular flexibility index (Phi) is 17.3. The molecule has 77 heavy (non-hydrogen) atoms. The fraction of sp³-hybridized carbons (Fsp3) is 0.0946. The molecule has 0 unspecified atom stereocenters. The zero-order chi connectivity index (χ0) is 53.5. The van der Waals surface area contributed by atoms with Crippen LogP contribution in [0.2, 0.25) is 0 Å². The first-order valence-corrected chi connectivity index (χ1v) is 27.3. The van der Waals surface area contributed by atoms with Gasteiger partial charge in [-0.15, -0.1) is 0 Å². The molecule has 2 aromatic heterocycles. The Morgan fingerprint density at radius 2 is 0.766 bits per heavy atom. The number of rotatable bonds is 8. The summed E-state index contributed by atoms with van der Waals surface area (Å²) in [4.78, 5) is 7.44. The largest absolute Gasteiger partial charge is 0.310 e. The average molecular weight is 998 g/mol. The number of benzene rings is 11. The maximum atomic E-state index is 5.08. The molecular formula is C74H67N3. The van der Waals surface area contributed by atoms with E-state index in [0.717, 1.165) is 61.5 Å². The van der Waals surface area contributed by atoms with Gasteiger partial charge in [0.05, 0.1) is 27.9 Å². The molecule has 0 amide bonds. The number of para-hydroxylation sites is 2. The van der Waals surface area contributed by atoms with Crippen LogP contribution in [-0.2, 0) is 0 Å². The fourth-order valence-corrected chi connectivity index (χ4v) is 9.92. The van der Waals surface area contributed by atoms with Crippen molar-refractivity contribution in [1.82, 2.24) is 9.55 Å². The van der Waals surface area contributed by atoms with Crippen LogP contribution in [0.15, 0.2) is 279 Å². The molecule has 0 spiro atoms. The van der Waals surface area contributed by atoms with Crippen LogP contribution < -0.4 is 4.90 Å². The lowest BCUT2D eigenvalue weighted by atomic mass is 9.98. The SMILES string of the molecule is CC.CC.CC.Cc1ccccc1.c1ccc(-c2ccc(-n3c4cc(-c5ccc(-c6cccc(N(c7ccccc7)c7cccc8ccccc78)c6)cc5)ccc4c4ccc(-c5ccc6ccccc6n5)cc43)cc2)cc1. The molecule has 11 aromatic carbocycles. The summed E-state index contributed by atoms with van der Waals surface area (Å²) in [5.41, 5.74) is 18.2. The highest BCUT2D eigenvalue weighted by atomic mass is 15.1. The van der Waals surface area contributed by atoms with E-state index in [-0.39, 0.29) is 0 Å². The molecule has 0 aliphatic rings. The molecule has 0 aliphatic carbocycles. The van der Waals surface area contributed by atoms with E-state index in [1.54, 1.807) is 0 Å². The van der Waals surface area contributed by atoms with Gasteiger partial charge in [0.2, 0.25) is 0 Å². The molecule has 3 nitrogen and oxygen atoms in total. The van der Waals surface area contributed by atoms with Gasteiger partial charge in [-0.1, -0.05) is 259 Å². The van der Waals surface area contributed by atoms with Gasteiger partial charge in [-0.05, 0) is 112 Å². The minimum Gasteiger partial charge on any atom is -0.310 e. The molecule has 0 saturated heterocycles. The van der Waals surface area contributed by atoms with E-state index >= 15 is 0 Å². The lowest BCUT2D eigenvalue weighted by Gasteiger charge is -2.27. The van der Waals surface area contributed by atoms with Gasteiger partial charge < -0.3 is 9.47 Å². The molecule has 0 bridgehead atoms. The predicted molar refractivity (Wildman–Crippen MR) is 335 cm³/mol. The molecule has 3 heteroatoms. The summed E-state index contributed by atoms with van der Waals surface area (Å²) in [5.74, 6) is 0. The predicted octanol–water partition coefficient (Wildman–Crippen LogP) is 21.7. The van der Waals surface area contributed by atoms with Gasteiger partial charge >= 0.3 is 0 Å². The Hall–Kier alpha value is -9.31. The Bertz CT molecular complexity index is 3970. The Morgan fingerprint density at radius 1 is 0.312 bits per heavy atom. The van der Waals surface area contributed by atoms with E-state index < -0.39 is 0 Å². The van der Waals surface area contributed by atoms with Gasteiger partial charge in [-0.25, -0.2) is 4.98 Å². The van der Waals surface area contributed by atoms with Crippen molar-refractivity contribution in [3.8, 4) is 50.3 Å². The number of aromatic nitrogens is 2. The third-order valence-electron chi connectivity index (χ3n) is 13.5. The minimum atomic E-state index is 0.962. The summed E-state index contributed by atoms with van der Waals surface area (Å²) in [6.07, 6.45) is 0. The maximum absolute atomic E-state index is 5.08. The number of anilines is 3. The fourth-order valence-electron chi connectivity index (χ4n) is 9.92. The van der Waals surface area contributed by atoms with Gasteiger partial charge in [-0.3, -0.25) is 0 Å². The molecule has 0 saturated carbocycles. The Morgan fingerprint density at radius 3 is 1.42 bits per heavy atom. The van der Waals surface area contributed by atoms with E-state index in [1.807, 2.05) is 59.7 Å². The smallest absolute Gasteiger partial charge is 0.0710 e. The van der Waals surface area contributed by atoms with Crippen LogP contribution in [-0.4, -0.2) is 9.55 Å². The molecule has 13 rings (SSSR count). The quantitative estimate of drug-likeness (QED) is 0.151. The average Bonchev–Trinajstić information content (AvgIpc) is 3.86. The summed E-state index contributed by atoms with van der Waals surface area (Å²) in [5, 5.41) is 6.00. The Balaban J connectivity index is 0.000000502. The molecule has 378 valence electrons. The van der Waals surface area contributed by atoms with Gasteiger partial charge in [0.1, 0.15) is 0 Å². The minimum absolute atomic E-state index is 0.962. The van der Waals surface area contributed by atoms with Crippen molar-refractivity contribution in [2.24, 2.45) is 0 Å². The van der Waals surface area contributed by atoms with Crippen LogP contribution in [0.25, 0.3) is 93.8 Å². The van der Waals surface area contributed by atoms with Gasteiger partial charge in [-0.2, -0.15) is 0 Å². The normalized spacial score (nSPS) is 10.5. The Labute approximate surface area is 456 Å². The van der Waals surface area contributed by atoms with Crippen molar-refractivity contribution < 1.29 is 0 Å². The first kappa shape index (κ1) is 52.5. The van der Waals surface area contributed by atoms with Crippen LogP contribution in [0.1, 0.15) is 47.1 Å². The zero-order valence-electron chi connectivity index (χ0n) is 45.4. The number of hydrogen-bond donors (Lipinski definition) is 0. The molecule has 0 fully saturated rings. The van der Waals surface area contributed by atoms with Crippen LogP contribution in [0.3, 0.4) is 0 Å². The van der Waals surface area contributed by atoms with E-state index in [4.69, 9.17) is 4.98 Å². The van der Waals surface area contributed by atoms with Crippen molar-refractivity contribution in [3.05, 3.63) is 285 Å². The summed E-state index contributed by atoms with van der Waals surface area (Å²) in [7, 11) is 0. The third kappa shape index (κ3) is 11.5. The van der Waals surface area contributed by atoms with Crippen molar-refractivity contribution in [1.29, 1.82) is 0 Å². The van der Waals surface area contributed by atoms with Gasteiger partial charge in [0, 0.05) is 44.2 Å². The summed E-state index contributed by atoms with van der Waals surface area (Å²) in [6, 6.07) is 99.8. The second-order valence-electron chi connectivity index (χ2n) is 18.1. The zero-order valence-corrected chi connectivity index (χ0v) is 45.4. The highest BCUT2D eigenvalue weighted by molar-refractivity contribution is 6.11. The van der Waals surface area contributed by atoms with Crippen molar-refractivity contribution in [2.75, 3.05) is 4.90 Å².